The van der Waals surface area contributed by atoms with Crippen molar-refractivity contribution in [1.82, 2.24) is 9.47 Å². The molecule has 3 rings (SSSR count). The average Bonchev–Trinajstić information content (AvgIpc) is 3.03. The molecule has 2 aliphatic rings. The molecule has 1 amide bonds. The maximum Gasteiger partial charge on any atom is 0.255 e. The number of ether oxygens (including phenoxy) is 1. The van der Waals surface area contributed by atoms with Gasteiger partial charge in [-0.25, -0.2) is 0 Å². The average molecular weight is 377 g/mol. The number of nitrogens with zero attached hydrogens (tertiary/aromatic N) is 2. The Balaban J connectivity index is 1.66. The molecular formula is C22H36N2O3. The molecule has 1 aromatic heterocycles. The summed E-state index contributed by atoms with van der Waals surface area (Å²) >= 11 is 0. The van der Waals surface area contributed by atoms with Crippen LogP contribution in [0.1, 0.15) is 77.6 Å². The Bertz CT molecular complexity index is 672. The summed E-state index contributed by atoms with van der Waals surface area (Å²) in [6, 6.07) is 1.91. The monoisotopic (exact) mass is 376 g/mol. The zero-order valence-electron chi connectivity index (χ0n) is 17.8. The van der Waals surface area contributed by atoms with Crippen LogP contribution in [0.4, 0.5) is 0 Å². The van der Waals surface area contributed by atoms with Crippen LogP contribution in [0.15, 0.2) is 18.5 Å². The summed E-state index contributed by atoms with van der Waals surface area (Å²) in [6.07, 6.45) is 6.65. The highest BCUT2D eigenvalue weighted by atomic mass is 16.5. The third kappa shape index (κ3) is 4.40. The lowest BCUT2D eigenvalue weighted by Crippen LogP contribution is -2.55. The fraction of sp³-hybridized carbons (Fsp3) is 0.773. The predicted molar refractivity (Wildman–Crippen MR) is 107 cm³/mol. The highest BCUT2D eigenvalue weighted by Gasteiger charge is 2.46. The molecule has 2 saturated heterocycles. The molecule has 0 aromatic carbocycles. The Morgan fingerprint density at radius 1 is 1.19 bits per heavy atom. The van der Waals surface area contributed by atoms with Crippen LogP contribution in [0.2, 0.25) is 0 Å². The van der Waals surface area contributed by atoms with Crippen molar-refractivity contribution in [3.8, 4) is 0 Å². The number of aromatic nitrogens is 1. The number of carbonyl (C=O) groups excluding carboxylic acids is 1. The molecule has 0 aliphatic carbocycles. The highest BCUT2D eigenvalue weighted by molar-refractivity contribution is 5.94. The number of likely N-dealkylation sites (tertiary alicyclic amines) is 1. The Hall–Kier alpha value is -1.33. The summed E-state index contributed by atoms with van der Waals surface area (Å²) in [5.41, 5.74) is 0.442. The molecular weight excluding hydrogens is 340 g/mol. The largest absolute Gasteiger partial charge is 0.393 e. The van der Waals surface area contributed by atoms with Crippen LogP contribution in [0, 0.1) is 5.41 Å². The van der Waals surface area contributed by atoms with E-state index in [-0.39, 0.29) is 34.7 Å². The van der Waals surface area contributed by atoms with Crippen LogP contribution in [-0.2, 0) is 10.3 Å². The smallest absolute Gasteiger partial charge is 0.255 e. The first kappa shape index (κ1) is 20.4. The minimum atomic E-state index is -0.314. The quantitative estimate of drug-likeness (QED) is 0.811. The fourth-order valence-electron chi connectivity index (χ4n) is 4.25. The van der Waals surface area contributed by atoms with Crippen molar-refractivity contribution in [2.75, 3.05) is 13.1 Å². The topological polar surface area (TPSA) is 54.7 Å². The molecule has 0 saturated carbocycles. The molecule has 2 aliphatic heterocycles. The molecule has 1 N–H and O–H groups in total. The van der Waals surface area contributed by atoms with E-state index in [2.05, 4.69) is 46.1 Å². The minimum Gasteiger partial charge on any atom is -0.393 e. The van der Waals surface area contributed by atoms with E-state index < -0.39 is 0 Å². The number of carbonyl (C=O) groups is 1. The molecule has 2 atom stereocenters. The van der Waals surface area contributed by atoms with E-state index in [1.54, 1.807) is 0 Å². The summed E-state index contributed by atoms with van der Waals surface area (Å²) in [5, 5.41) is 10.4. The number of hydrogen-bond acceptors (Lipinski definition) is 3. The number of amides is 1. The van der Waals surface area contributed by atoms with E-state index in [4.69, 9.17) is 4.74 Å². The van der Waals surface area contributed by atoms with Gasteiger partial charge in [-0.05, 0) is 45.1 Å². The molecule has 5 heteroatoms. The number of rotatable bonds is 1. The zero-order chi connectivity index (χ0) is 20.0. The van der Waals surface area contributed by atoms with E-state index in [0.717, 1.165) is 18.4 Å². The first-order valence-electron chi connectivity index (χ1n) is 10.2. The van der Waals surface area contributed by atoms with E-state index in [1.165, 1.54) is 0 Å². The van der Waals surface area contributed by atoms with Crippen LogP contribution in [0.5, 0.6) is 0 Å². The molecule has 3 heterocycles. The van der Waals surface area contributed by atoms with Crippen LogP contribution < -0.4 is 0 Å². The molecule has 0 unspecified atom stereocenters. The molecule has 0 bridgehead atoms. The third-order valence-electron chi connectivity index (χ3n) is 6.13. The number of piperidine rings is 1. The first-order valence-corrected chi connectivity index (χ1v) is 10.2. The summed E-state index contributed by atoms with van der Waals surface area (Å²) < 4.78 is 8.61. The van der Waals surface area contributed by atoms with Gasteiger partial charge in [0.2, 0.25) is 0 Å². The fourth-order valence-corrected chi connectivity index (χ4v) is 4.25. The van der Waals surface area contributed by atoms with Crippen molar-refractivity contribution >= 4 is 5.91 Å². The van der Waals surface area contributed by atoms with E-state index in [0.29, 0.717) is 25.9 Å². The Labute approximate surface area is 163 Å². The lowest BCUT2D eigenvalue weighted by Gasteiger charge is -2.50. The van der Waals surface area contributed by atoms with Crippen molar-refractivity contribution in [3.05, 3.63) is 24.0 Å². The van der Waals surface area contributed by atoms with Gasteiger partial charge in [0.15, 0.2) is 0 Å². The van der Waals surface area contributed by atoms with Gasteiger partial charge in [-0.1, -0.05) is 20.8 Å². The van der Waals surface area contributed by atoms with Gasteiger partial charge in [-0.3, -0.25) is 4.79 Å². The van der Waals surface area contributed by atoms with Crippen molar-refractivity contribution in [2.24, 2.45) is 5.41 Å². The van der Waals surface area contributed by atoms with Gasteiger partial charge in [-0.2, -0.15) is 0 Å². The maximum atomic E-state index is 12.9. The van der Waals surface area contributed by atoms with Gasteiger partial charge in [-0.15, -0.1) is 0 Å². The molecule has 2 fully saturated rings. The first-order chi connectivity index (χ1) is 12.4. The number of hydrogen-bond donors (Lipinski definition) is 1. The van der Waals surface area contributed by atoms with Crippen molar-refractivity contribution in [1.29, 1.82) is 0 Å². The molecule has 27 heavy (non-hydrogen) atoms. The second-order valence-corrected chi connectivity index (χ2v) is 10.5. The van der Waals surface area contributed by atoms with Gasteiger partial charge in [0, 0.05) is 43.9 Å². The van der Waals surface area contributed by atoms with Gasteiger partial charge in [0.25, 0.3) is 5.91 Å². The van der Waals surface area contributed by atoms with Crippen LogP contribution in [0.25, 0.3) is 0 Å². The lowest BCUT2D eigenvalue weighted by atomic mass is 9.76. The van der Waals surface area contributed by atoms with Gasteiger partial charge >= 0.3 is 0 Å². The third-order valence-corrected chi connectivity index (χ3v) is 6.13. The predicted octanol–water partition coefficient (Wildman–Crippen LogP) is 3.80. The standard InChI is InChI=1S/C22H36N2O3/c1-20(2,3)18-13-17(25)14-22(27-18)8-11-23(12-9-22)19(26)16-7-10-24(15-16)21(4,5)6/h7,10,15,17-18,25H,8-9,11-14H2,1-6H3/t17-,18-/m1/s1. The van der Waals surface area contributed by atoms with E-state index in [9.17, 15) is 9.90 Å². The second kappa shape index (κ2) is 6.93. The number of aliphatic hydroxyl groups excluding tert-OH is 1. The minimum absolute atomic E-state index is 0.0111. The number of aliphatic hydroxyl groups is 1. The summed E-state index contributed by atoms with van der Waals surface area (Å²) in [6.45, 7) is 14.3. The van der Waals surface area contributed by atoms with E-state index in [1.807, 2.05) is 23.4 Å². The Morgan fingerprint density at radius 2 is 1.81 bits per heavy atom. The van der Waals surface area contributed by atoms with Gasteiger partial charge < -0.3 is 19.3 Å². The Kier molecular flexibility index (Phi) is 5.23. The van der Waals surface area contributed by atoms with Crippen molar-refractivity contribution in [2.45, 2.75) is 90.6 Å². The van der Waals surface area contributed by atoms with Crippen LogP contribution >= 0.6 is 0 Å². The second-order valence-electron chi connectivity index (χ2n) is 10.5. The zero-order valence-corrected chi connectivity index (χ0v) is 17.8. The van der Waals surface area contributed by atoms with Gasteiger partial charge in [0.1, 0.15) is 0 Å². The maximum absolute atomic E-state index is 12.9. The molecule has 152 valence electrons. The highest BCUT2D eigenvalue weighted by Crippen LogP contribution is 2.42. The Morgan fingerprint density at radius 3 is 2.33 bits per heavy atom. The molecule has 1 spiro atoms. The van der Waals surface area contributed by atoms with Crippen LogP contribution in [-0.4, -0.2) is 51.4 Å². The lowest BCUT2D eigenvalue weighted by molar-refractivity contribution is -0.205. The van der Waals surface area contributed by atoms with E-state index >= 15 is 0 Å². The molecule has 1 aromatic rings. The van der Waals surface area contributed by atoms with Crippen molar-refractivity contribution in [3.63, 3.8) is 0 Å². The molecule has 0 radical (unpaired) electrons. The summed E-state index contributed by atoms with van der Waals surface area (Å²) in [5.74, 6) is 0.0941. The summed E-state index contributed by atoms with van der Waals surface area (Å²) in [7, 11) is 0. The molecule has 5 nitrogen and oxygen atoms in total. The SMILES string of the molecule is CC(C)(C)[C@H]1C[C@@H](O)CC2(CCN(C(=O)c3ccn(C(C)(C)C)c3)CC2)O1. The van der Waals surface area contributed by atoms with Crippen LogP contribution in [0.3, 0.4) is 0 Å². The van der Waals surface area contributed by atoms with Crippen molar-refractivity contribution < 1.29 is 14.6 Å². The summed E-state index contributed by atoms with van der Waals surface area (Å²) in [4.78, 5) is 14.9. The van der Waals surface area contributed by atoms with Gasteiger partial charge in [0.05, 0.1) is 23.4 Å². The normalized spacial score (nSPS) is 26.4.